The number of rotatable bonds is 7. The summed E-state index contributed by atoms with van der Waals surface area (Å²) < 4.78 is 42.3. The van der Waals surface area contributed by atoms with Crippen molar-refractivity contribution in [1.82, 2.24) is 5.32 Å². The highest BCUT2D eigenvalue weighted by molar-refractivity contribution is 7.89. The molecule has 1 atom stereocenters. The van der Waals surface area contributed by atoms with Crippen molar-refractivity contribution in [2.45, 2.75) is 32.6 Å². The molecule has 0 saturated carbocycles. The summed E-state index contributed by atoms with van der Waals surface area (Å²) in [5.41, 5.74) is 0.567. The summed E-state index contributed by atoms with van der Waals surface area (Å²) >= 11 is 0. The van der Waals surface area contributed by atoms with E-state index in [4.69, 9.17) is 4.74 Å². The van der Waals surface area contributed by atoms with Crippen LogP contribution in [0.5, 0.6) is 5.75 Å². The summed E-state index contributed by atoms with van der Waals surface area (Å²) in [5, 5.41) is 2.92. The molecule has 1 N–H and O–H groups in total. The Morgan fingerprint density at radius 2 is 1.82 bits per heavy atom. The van der Waals surface area contributed by atoms with E-state index in [9.17, 15) is 17.6 Å². The van der Waals surface area contributed by atoms with Crippen LogP contribution in [0.15, 0.2) is 48.5 Å². The van der Waals surface area contributed by atoms with Crippen LogP contribution in [0, 0.1) is 11.2 Å². The molecule has 2 aromatic carbocycles. The van der Waals surface area contributed by atoms with E-state index in [2.05, 4.69) is 5.32 Å². The summed E-state index contributed by atoms with van der Waals surface area (Å²) in [6.45, 7) is 5.94. The quantitative estimate of drug-likeness (QED) is 0.761. The lowest BCUT2D eigenvalue weighted by Crippen LogP contribution is -2.47. The van der Waals surface area contributed by atoms with Crippen molar-refractivity contribution in [2.24, 2.45) is 5.41 Å². The smallest absolute Gasteiger partial charge is 0.251 e. The zero-order chi connectivity index (χ0) is 20.9. The number of hydrogen-bond acceptors (Lipinski definition) is 4. The third-order valence-corrected chi connectivity index (χ3v) is 5.07. The average Bonchev–Trinajstić information content (AvgIpc) is 2.57. The monoisotopic (exact) mass is 407 g/mol. The molecular formula is C21H26FNO4S. The number of ether oxygens (including phenoxy) is 1. The third kappa shape index (κ3) is 6.64. The predicted octanol–water partition coefficient (Wildman–Crippen LogP) is 3.59. The number of amides is 1. The van der Waals surface area contributed by atoms with Crippen LogP contribution < -0.4 is 10.1 Å². The van der Waals surface area contributed by atoms with Gasteiger partial charge in [-0.2, -0.15) is 0 Å². The fourth-order valence-corrected chi connectivity index (χ4v) is 3.37. The fourth-order valence-electron chi connectivity index (χ4n) is 2.59. The van der Waals surface area contributed by atoms with Crippen molar-refractivity contribution in [3.05, 3.63) is 65.5 Å². The molecule has 7 heteroatoms. The molecule has 0 spiro atoms. The Labute approximate surface area is 165 Å². The Morgan fingerprint density at radius 1 is 1.14 bits per heavy atom. The van der Waals surface area contributed by atoms with Gasteiger partial charge in [0.1, 0.15) is 6.61 Å². The van der Waals surface area contributed by atoms with Gasteiger partial charge in [-0.3, -0.25) is 4.79 Å². The minimum atomic E-state index is -3.20. The van der Waals surface area contributed by atoms with E-state index in [1.807, 2.05) is 20.8 Å². The topological polar surface area (TPSA) is 72.5 Å². The second kappa shape index (κ2) is 8.73. The van der Waals surface area contributed by atoms with Crippen molar-refractivity contribution < 1.29 is 22.3 Å². The first kappa shape index (κ1) is 21.9. The van der Waals surface area contributed by atoms with Gasteiger partial charge in [0, 0.05) is 11.8 Å². The Morgan fingerprint density at radius 3 is 2.43 bits per heavy atom. The van der Waals surface area contributed by atoms with Crippen molar-refractivity contribution >= 4 is 15.7 Å². The number of nitrogens with one attached hydrogen (secondary N) is 1. The van der Waals surface area contributed by atoms with Crippen molar-refractivity contribution in [2.75, 3.05) is 12.9 Å². The summed E-state index contributed by atoms with van der Waals surface area (Å²) in [5.74, 6) is -0.809. The van der Waals surface area contributed by atoms with Crippen LogP contribution in [-0.4, -0.2) is 33.2 Å². The highest BCUT2D eigenvalue weighted by atomic mass is 32.2. The zero-order valence-electron chi connectivity index (χ0n) is 16.5. The van der Waals surface area contributed by atoms with E-state index in [1.165, 1.54) is 12.1 Å². The van der Waals surface area contributed by atoms with Crippen LogP contribution in [0.4, 0.5) is 4.39 Å². The lowest BCUT2D eigenvalue weighted by molar-refractivity contribution is 0.0860. The summed E-state index contributed by atoms with van der Waals surface area (Å²) in [6.07, 6.45) is 1.15. The van der Waals surface area contributed by atoms with E-state index in [0.29, 0.717) is 11.1 Å². The first-order chi connectivity index (χ1) is 13.0. The van der Waals surface area contributed by atoms with E-state index in [1.54, 1.807) is 36.4 Å². The second-order valence-corrected chi connectivity index (χ2v) is 10.0. The SMILES string of the molecule is CC(C)(C)C(COc1ccccc1F)NC(=O)c1cccc(CS(C)(=O)=O)c1. The maximum absolute atomic E-state index is 13.8. The van der Waals surface area contributed by atoms with Crippen LogP contribution in [0.25, 0.3) is 0 Å². The Hall–Kier alpha value is -2.41. The van der Waals surface area contributed by atoms with Gasteiger partial charge in [0.15, 0.2) is 21.4 Å². The molecule has 0 fully saturated rings. The van der Waals surface area contributed by atoms with E-state index in [-0.39, 0.29) is 29.4 Å². The van der Waals surface area contributed by atoms with Crippen LogP contribution >= 0.6 is 0 Å². The number of para-hydroxylation sites is 1. The number of carbonyl (C=O) groups excluding carboxylic acids is 1. The molecular weight excluding hydrogens is 381 g/mol. The molecule has 0 radical (unpaired) electrons. The maximum atomic E-state index is 13.8. The molecule has 0 aliphatic heterocycles. The number of sulfone groups is 1. The standard InChI is InChI=1S/C21H26FNO4S/c1-21(2,3)19(13-27-18-11-6-5-10-17(18)22)23-20(24)16-9-7-8-15(12-16)14-28(4,25)26/h5-12,19H,13-14H2,1-4H3,(H,23,24). The van der Waals surface area contributed by atoms with Crippen LogP contribution in [0.3, 0.4) is 0 Å². The van der Waals surface area contributed by atoms with Crippen molar-refractivity contribution in [1.29, 1.82) is 0 Å². The molecule has 0 aliphatic rings. The molecule has 2 rings (SSSR count). The van der Waals surface area contributed by atoms with Gasteiger partial charge >= 0.3 is 0 Å². The molecule has 5 nitrogen and oxygen atoms in total. The van der Waals surface area contributed by atoms with Crippen LogP contribution in [0.1, 0.15) is 36.7 Å². The average molecular weight is 408 g/mol. The molecule has 0 aromatic heterocycles. The molecule has 0 heterocycles. The lowest BCUT2D eigenvalue weighted by atomic mass is 9.87. The van der Waals surface area contributed by atoms with Gasteiger partial charge in [0.25, 0.3) is 5.91 Å². The highest BCUT2D eigenvalue weighted by Gasteiger charge is 2.28. The summed E-state index contributed by atoms with van der Waals surface area (Å²) in [4.78, 5) is 12.7. The zero-order valence-corrected chi connectivity index (χ0v) is 17.3. The molecule has 0 saturated heterocycles. The highest BCUT2D eigenvalue weighted by Crippen LogP contribution is 2.23. The van der Waals surface area contributed by atoms with Crippen molar-refractivity contribution in [3.8, 4) is 5.75 Å². The molecule has 0 bridgehead atoms. The summed E-state index contributed by atoms with van der Waals surface area (Å²) in [6, 6.07) is 12.2. The van der Waals surface area contributed by atoms with E-state index >= 15 is 0 Å². The second-order valence-electron chi connectivity index (χ2n) is 7.90. The largest absolute Gasteiger partial charge is 0.488 e. The van der Waals surface area contributed by atoms with E-state index in [0.717, 1.165) is 6.26 Å². The van der Waals surface area contributed by atoms with Gasteiger partial charge in [0.2, 0.25) is 0 Å². The first-order valence-electron chi connectivity index (χ1n) is 8.90. The van der Waals surface area contributed by atoms with Crippen LogP contribution in [0.2, 0.25) is 0 Å². The third-order valence-electron chi connectivity index (χ3n) is 4.21. The predicted molar refractivity (Wildman–Crippen MR) is 108 cm³/mol. The first-order valence-corrected chi connectivity index (χ1v) is 11.0. The number of benzene rings is 2. The maximum Gasteiger partial charge on any atom is 0.251 e. The molecule has 28 heavy (non-hydrogen) atoms. The number of hydrogen-bond donors (Lipinski definition) is 1. The Balaban J connectivity index is 2.13. The van der Waals surface area contributed by atoms with Gasteiger partial charge in [-0.15, -0.1) is 0 Å². The fraction of sp³-hybridized carbons (Fsp3) is 0.381. The lowest BCUT2D eigenvalue weighted by Gasteiger charge is -2.31. The van der Waals surface area contributed by atoms with Crippen LogP contribution in [-0.2, 0) is 15.6 Å². The Kier molecular flexibility index (Phi) is 6.82. The van der Waals surface area contributed by atoms with Gasteiger partial charge < -0.3 is 10.1 Å². The molecule has 2 aromatic rings. The molecule has 1 unspecified atom stereocenters. The van der Waals surface area contributed by atoms with E-state index < -0.39 is 21.7 Å². The van der Waals surface area contributed by atoms with Gasteiger partial charge in [-0.25, -0.2) is 12.8 Å². The minimum Gasteiger partial charge on any atom is -0.488 e. The minimum absolute atomic E-state index is 0.0964. The molecule has 0 aliphatic carbocycles. The molecule has 1 amide bonds. The van der Waals surface area contributed by atoms with Gasteiger partial charge in [-0.05, 0) is 35.2 Å². The Bertz CT molecular complexity index is 935. The van der Waals surface area contributed by atoms with Crippen molar-refractivity contribution in [3.63, 3.8) is 0 Å². The number of carbonyl (C=O) groups is 1. The van der Waals surface area contributed by atoms with Gasteiger partial charge in [-0.1, -0.05) is 45.0 Å². The normalized spacial score (nSPS) is 13.0. The molecule has 152 valence electrons. The summed E-state index contributed by atoms with van der Waals surface area (Å²) in [7, 11) is -3.20. The number of halogens is 1. The van der Waals surface area contributed by atoms with Gasteiger partial charge in [0.05, 0.1) is 11.8 Å².